The van der Waals surface area contributed by atoms with Gasteiger partial charge in [-0.3, -0.25) is 9.59 Å². The summed E-state index contributed by atoms with van der Waals surface area (Å²) in [5, 5.41) is 5.48. The average Bonchev–Trinajstić information content (AvgIpc) is 3.89. The lowest BCUT2D eigenvalue weighted by molar-refractivity contribution is -0.137. The molecule has 2 saturated carbocycles. The second kappa shape index (κ2) is 14.9. The number of imidazole rings is 2. The van der Waals surface area contributed by atoms with Gasteiger partial charge in [0.05, 0.1) is 48.4 Å². The highest BCUT2D eigenvalue weighted by atomic mass is 16.5. The van der Waals surface area contributed by atoms with Crippen molar-refractivity contribution in [2.45, 2.75) is 89.6 Å². The molecular weight excluding hydrogens is 753 g/mol. The number of H-pyrrole nitrogens is 2. The van der Waals surface area contributed by atoms with Crippen molar-refractivity contribution in [2.24, 2.45) is 23.7 Å². The van der Waals surface area contributed by atoms with E-state index >= 15 is 0 Å². The maximum Gasteiger partial charge on any atom is 0.407 e. The number of hydrogen-bond acceptors (Lipinski definition) is 9. The Balaban J connectivity index is 0.911. The monoisotopic (exact) mass is 802 g/mol. The van der Waals surface area contributed by atoms with E-state index in [2.05, 4.69) is 26.7 Å². The Bertz CT molecular complexity index is 2460. The van der Waals surface area contributed by atoms with Crippen molar-refractivity contribution in [3.8, 4) is 22.6 Å². The minimum atomic E-state index is -0.698. The molecule has 4 N–H and O–H groups in total. The Morgan fingerprint density at radius 3 is 1.66 bits per heavy atom. The molecule has 2 aliphatic heterocycles. The number of amides is 4. The summed E-state index contributed by atoms with van der Waals surface area (Å²) in [6, 6.07) is 18.2. The van der Waals surface area contributed by atoms with Crippen LogP contribution in [0.5, 0.6) is 11.5 Å². The molecule has 0 bridgehead atoms. The first-order chi connectivity index (χ1) is 28.4. The summed E-state index contributed by atoms with van der Waals surface area (Å²) >= 11 is 0. The van der Waals surface area contributed by atoms with Crippen molar-refractivity contribution < 1.29 is 33.4 Å². The van der Waals surface area contributed by atoms with Crippen molar-refractivity contribution in [2.75, 3.05) is 14.2 Å². The summed E-state index contributed by atoms with van der Waals surface area (Å²) in [4.78, 5) is 72.6. The van der Waals surface area contributed by atoms with Crippen LogP contribution in [-0.2, 0) is 19.1 Å². The van der Waals surface area contributed by atoms with Crippen molar-refractivity contribution in [1.82, 2.24) is 40.4 Å². The first-order valence-corrected chi connectivity index (χ1v) is 20.5. The topological polar surface area (TPSA) is 184 Å². The highest BCUT2D eigenvalue weighted by Crippen LogP contribution is 2.54. The fraction of sp³-hybridized carbons (Fsp3) is 0.455. The van der Waals surface area contributed by atoms with Crippen LogP contribution in [0.1, 0.15) is 77.1 Å². The summed E-state index contributed by atoms with van der Waals surface area (Å²) in [6.07, 6.45) is 2.32. The molecule has 2 aromatic heterocycles. The summed E-state index contributed by atoms with van der Waals surface area (Å²) in [5.74, 6) is 3.16. The Labute approximate surface area is 341 Å². The van der Waals surface area contributed by atoms with Crippen LogP contribution >= 0.6 is 0 Å². The summed E-state index contributed by atoms with van der Waals surface area (Å²) < 4.78 is 16.0. The molecule has 5 aromatic rings. The number of benzene rings is 3. The van der Waals surface area contributed by atoms with Crippen molar-refractivity contribution in [1.29, 1.82) is 0 Å². The zero-order valence-corrected chi connectivity index (χ0v) is 34.0. The zero-order chi connectivity index (χ0) is 41.3. The largest absolute Gasteiger partial charge is 0.457 e. The van der Waals surface area contributed by atoms with Gasteiger partial charge in [-0.2, -0.15) is 0 Å². The number of fused-ring (bicyclic) bond motifs is 4. The van der Waals surface area contributed by atoms with Crippen molar-refractivity contribution in [3.05, 3.63) is 72.3 Å². The Hall–Kier alpha value is -6.12. The number of aromatic nitrogens is 4. The molecule has 0 unspecified atom stereocenters. The Morgan fingerprint density at radius 2 is 1.14 bits per heavy atom. The summed E-state index contributed by atoms with van der Waals surface area (Å²) in [7, 11) is 2.59. The third-order valence-electron chi connectivity index (χ3n) is 12.5. The molecule has 9 rings (SSSR count). The zero-order valence-electron chi connectivity index (χ0n) is 34.0. The van der Waals surface area contributed by atoms with E-state index in [9.17, 15) is 19.2 Å². The smallest absolute Gasteiger partial charge is 0.407 e. The van der Waals surface area contributed by atoms with Crippen LogP contribution in [0.15, 0.2) is 60.7 Å². The molecule has 3 aromatic carbocycles. The molecule has 4 fully saturated rings. The van der Waals surface area contributed by atoms with Crippen LogP contribution in [0.25, 0.3) is 33.2 Å². The van der Waals surface area contributed by atoms with Gasteiger partial charge in [-0.15, -0.1) is 0 Å². The third-order valence-corrected chi connectivity index (χ3v) is 12.5. The standard InChI is InChI=1S/C44H50N8O7/c1-21(2)37(49-43(55)57-5)41(53)51-33-16-25(33)18-35(51)39-45-29-12-10-24(15-31(29)47-39)23-8-7-9-27(14-23)59-28-11-13-30-32(20-28)48-40(46-30)36-19-26-17-34(26)52(36)42(54)38(22(3)4)50-44(56)58-6/h7-15,20-22,25-26,33-38H,16-19H2,1-6H3,(H,45,47)(H,46,48)(H,49,55)(H,50,56)/t25-,26-,33-,34-,35+,36+,37-,38-/m1/s1. The molecular formula is C44H50N8O7. The maximum atomic E-state index is 13.9. The van der Waals surface area contributed by atoms with E-state index in [0.29, 0.717) is 23.3 Å². The molecule has 59 heavy (non-hydrogen) atoms. The number of piperidine rings is 2. The molecule has 2 saturated heterocycles. The SMILES string of the molecule is COC(=O)N[C@@H](C(=O)N1[C@@H]2C[C@@H]2C[C@H]1c1nc2ccc(Oc3cccc(-c4ccc5nc([C@@H]6C[C@H]7C[C@H]7N6C(=O)[C@H](NC(=O)OC)C(C)C)[nH]c5c4)c3)cc2[nH]1)C(C)C. The lowest BCUT2D eigenvalue weighted by Gasteiger charge is -2.31. The maximum absolute atomic E-state index is 13.9. The normalized spacial score (nSPS) is 23.9. The van der Waals surface area contributed by atoms with Gasteiger partial charge in [-0.1, -0.05) is 45.9 Å². The van der Waals surface area contributed by atoms with Crippen LogP contribution in [0.4, 0.5) is 9.59 Å². The molecule has 0 radical (unpaired) electrons. The van der Waals surface area contributed by atoms with Crippen molar-refractivity contribution in [3.63, 3.8) is 0 Å². The fourth-order valence-corrected chi connectivity index (χ4v) is 9.23. The number of ether oxygens (including phenoxy) is 3. The van der Waals surface area contributed by atoms with Gasteiger partial charge in [-0.25, -0.2) is 19.6 Å². The highest BCUT2D eigenvalue weighted by molar-refractivity contribution is 5.89. The quantitative estimate of drug-likeness (QED) is 0.109. The molecule has 4 amide bonds. The average molecular weight is 803 g/mol. The predicted octanol–water partition coefficient (Wildman–Crippen LogP) is 6.98. The molecule has 15 nitrogen and oxygen atoms in total. The number of aromatic amines is 2. The van der Waals surface area contributed by atoms with E-state index in [1.165, 1.54) is 14.2 Å². The third kappa shape index (κ3) is 7.20. The highest BCUT2D eigenvalue weighted by Gasteiger charge is 2.57. The van der Waals surface area contributed by atoms with E-state index in [4.69, 9.17) is 24.2 Å². The van der Waals surface area contributed by atoms with Gasteiger partial charge in [0.15, 0.2) is 0 Å². The van der Waals surface area contributed by atoms with Gasteiger partial charge in [0, 0.05) is 18.2 Å². The molecule has 308 valence electrons. The number of likely N-dealkylation sites (tertiary alicyclic amines) is 2. The Kier molecular flexibility index (Phi) is 9.71. The lowest BCUT2D eigenvalue weighted by atomic mass is 10.0. The molecule has 15 heteroatoms. The number of hydrogen-bond donors (Lipinski definition) is 4. The summed E-state index contributed by atoms with van der Waals surface area (Å²) in [5.41, 5.74) is 5.19. The van der Waals surface area contributed by atoms with Crippen LogP contribution in [-0.4, -0.2) is 92.1 Å². The lowest BCUT2D eigenvalue weighted by Crippen LogP contribution is -2.52. The van der Waals surface area contributed by atoms with Crippen LogP contribution in [0.2, 0.25) is 0 Å². The molecule has 2 aliphatic carbocycles. The number of nitrogens with zero attached hydrogens (tertiary/aromatic N) is 4. The van der Waals surface area contributed by atoms with E-state index in [0.717, 1.165) is 70.5 Å². The first-order valence-electron chi connectivity index (χ1n) is 20.5. The number of nitrogens with one attached hydrogen (secondary N) is 4. The van der Waals surface area contributed by atoms with E-state index in [1.807, 2.05) is 92.1 Å². The second-order valence-corrected chi connectivity index (χ2v) is 17.1. The minimum Gasteiger partial charge on any atom is -0.457 e. The van der Waals surface area contributed by atoms with Gasteiger partial charge in [-0.05, 0) is 96.9 Å². The van der Waals surface area contributed by atoms with Gasteiger partial charge in [0.25, 0.3) is 0 Å². The predicted molar refractivity (Wildman–Crippen MR) is 218 cm³/mol. The van der Waals surface area contributed by atoms with Crippen molar-refractivity contribution >= 4 is 46.1 Å². The van der Waals surface area contributed by atoms with Gasteiger partial charge in [0.1, 0.15) is 35.2 Å². The molecule has 0 spiro atoms. The molecule has 4 heterocycles. The first kappa shape index (κ1) is 38.4. The van der Waals surface area contributed by atoms with Crippen LogP contribution < -0.4 is 15.4 Å². The number of carbonyl (C=O) groups is 4. The molecule has 4 aliphatic rings. The van der Waals surface area contributed by atoms with Gasteiger partial charge < -0.3 is 44.6 Å². The minimum absolute atomic E-state index is 0.111. The van der Waals surface area contributed by atoms with Crippen LogP contribution in [0.3, 0.4) is 0 Å². The number of methoxy groups -OCH3 is 2. The second-order valence-electron chi connectivity index (χ2n) is 17.1. The van der Waals surface area contributed by atoms with E-state index in [1.54, 1.807) is 0 Å². The van der Waals surface area contributed by atoms with Gasteiger partial charge in [0.2, 0.25) is 11.8 Å². The number of carbonyl (C=O) groups excluding carboxylic acids is 4. The van der Waals surface area contributed by atoms with Gasteiger partial charge >= 0.3 is 12.2 Å². The fourth-order valence-electron chi connectivity index (χ4n) is 9.23. The molecule has 8 atom stereocenters. The van der Waals surface area contributed by atoms with E-state index in [-0.39, 0.29) is 47.8 Å². The van der Waals surface area contributed by atoms with Crippen LogP contribution in [0, 0.1) is 23.7 Å². The van der Waals surface area contributed by atoms with E-state index < -0.39 is 24.3 Å². The number of rotatable bonds is 11. The number of alkyl carbamates (subject to hydrolysis) is 2. The summed E-state index contributed by atoms with van der Waals surface area (Å²) in [6.45, 7) is 7.66. The Morgan fingerprint density at radius 1 is 0.644 bits per heavy atom.